The molecule has 0 aliphatic rings. The van der Waals surface area contributed by atoms with Gasteiger partial charge in [0.25, 0.3) is 0 Å². The second-order valence-electron chi connectivity index (χ2n) is 6.14. The Labute approximate surface area is 139 Å². The second kappa shape index (κ2) is 12.8. The molecule has 2 nitrogen and oxygen atoms in total. The quantitative estimate of drug-likeness (QED) is 0.350. The van der Waals surface area contributed by atoms with Crippen molar-refractivity contribution in [2.45, 2.75) is 88.9 Å². The monoisotopic (exact) mass is 324 g/mol. The van der Waals surface area contributed by atoms with Crippen molar-refractivity contribution in [3.05, 3.63) is 29.8 Å². The van der Waals surface area contributed by atoms with Crippen LogP contribution in [0.15, 0.2) is 29.2 Å². The minimum atomic E-state index is -1.86. The van der Waals surface area contributed by atoms with Gasteiger partial charge in [-0.1, -0.05) is 89.3 Å². The van der Waals surface area contributed by atoms with Crippen molar-refractivity contribution in [2.24, 2.45) is 0 Å². The fourth-order valence-electron chi connectivity index (χ4n) is 2.86. The van der Waals surface area contributed by atoms with E-state index < -0.39 is 11.1 Å². The Bertz CT molecular complexity index is 418. The molecule has 0 saturated heterocycles. The molecular formula is C19H32O2S. The number of unbranched alkanes of at least 4 members (excludes halogenated alkanes) is 10. The zero-order chi connectivity index (χ0) is 16.0. The molecule has 0 saturated carbocycles. The summed E-state index contributed by atoms with van der Waals surface area (Å²) in [5.74, 6) is 0. The summed E-state index contributed by atoms with van der Waals surface area (Å²) in [6, 6.07) is 7.50. The third kappa shape index (κ3) is 8.70. The molecule has 1 N–H and O–H groups in total. The van der Waals surface area contributed by atoms with E-state index in [0.29, 0.717) is 4.90 Å². The lowest BCUT2D eigenvalue weighted by atomic mass is 10.0. The first-order valence-electron chi connectivity index (χ1n) is 8.94. The number of hydrogen-bond acceptors (Lipinski definition) is 1. The summed E-state index contributed by atoms with van der Waals surface area (Å²) in [6.07, 6.45) is 15.6. The molecule has 0 aromatic heterocycles. The number of aryl methyl sites for hydroxylation is 1. The summed E-state index contributed by atoms with van der Waals surface area (Å²) in [7, 11) is 0. The zero-order valence-corrected chi connectivity index (χ0v) is 14.9. The van der Waals surface area contributed by atoms with E-state index >= 15 is 0 Å². The molecule has 126 valence electrons. The molecule has 1 unspecified atom stereocenters. The van der Waals surface area contributed by atoms with Crippen LogP contribution in [0, 0.1) is 0 Å². The normalized spacial score (nSPS) is 12.5. The number of hydrogen-bond donors (Lipinski definition) is 1. The largest absolute Gasteiger partial charge is 0.302 e. The van der Waals surface area contributed by atoms with Gasteiger partial charge in [-0.25, -0.2) is 4.21 Å². The fourth-order valence-corrected chi connectivity index (χ4v) is 3.45. The van der Waals surface area contributed by atoms with E-state index in [4.69, 9.17) is 0 Å². The smallest absolute Gasteiger partial charge is 0.186 e. The summed E-state index contributed by atoms with van der Waals surface area (Å²) in [5, 5.41) is 0. The Hall–Kier alpha value is -0.670. The topological polar surface area (TPSA) is 37.3 Å². The Balaban J connectivity index is 2.01. The Morgan fingerprint density at radius 3 is 1.86 bits per heavy atom. The summed E-state index contributed by atoms with van der Waals surface area (Å²) < 4.78 is 20.5. The SMILES string of the molecule is CCCCCCCCCCCCCc1ccccc1S(=O)O. The maximum atomic E-state index is 11.2. The molecule has 0 fully saturated rings. The van der Waals surface area contributed by atoms with Crippen LogP contribution in [0.4, 0.5) is 0 Å². The van der Waals surface area contributed by atoms with Gasteiger partial charge in [0.1, 0.15) is 0 Å². The molecule has 1 rings (SSSR count). The molecule has 0 amide bonds. The van der Waals surface area contributed by atoms with Crippen molar-refractivity contribution in [1.82, 2.24) is 0 Å². The second-order valence-corrected chi connectivity index (χ2v) is 7.08. The van der Waals surface area contributed by atoms with Crippen LogP contribution in [-0.2, 0) is 17.5 Å². The summed E-state index contributed by atoms with van der Waals surface area (Å²) in [4.78, 5) is 0.578. The third-order valence-corrected chi connectivity index (χ3v) is 4.98. The minimum absolute atomic E-state index is 0.578. The van der Waals surface area contributed by atoms with E-state index in [-0.39, 0.29) is 0 Å². The highest BCUT2D eigenvalue weighted by Gasteiger charge is 2.06. The van der Waals surface area contributed by atoms with E-state index in [0.717, 1.165) is 18.4 Å². The van der Waals surface area contributed by atoms with E-state index in [2.05, 4.69) is 6.92 Å². The van der Waals surface area contributed by atoms with Gasteiger partial charge < -0.3 is 4.55 Å². The molecule has 1 aromatic rings. The molecule has 22 heavy (non-hydrogen) atoms. The fraction of sp³-hybridized carbons (Fsp3) is 0.684. The zero-order valence-electron chi connectivity index (χ0n) is 14.1. The molecule has 0 radical (unpaired) electrons. The van der Waals surface area contributed by atoms with Gasteiger partial charge in [0.05, 0.1) is 4.90 Å². The van der Waals surface area contributed by atoms with Crippen LogP contribution >= 0.6 is 0 Å². The molecule has 0 heterocycles. The molecule has 1 atom stereocenters. The van der Waals surface area contributed by atoms with Gasteiger partial charge in [0.2, 0.25) is 0 Å². The van der Waals surface area contributed by atoms with E-state index in [1.165, 1.54) is 64.2 Å². The lowest BCUT2D eigenvalue weighted by Gasteiger charge is -2.06. The van der Waals surface area contributed by atoms with Gasteiger partial charge in [0.15, 0.2) is 11.1 Å². The van der Waals surface area contributed by atoms with Gasteiger partial charge in [-0.05, 0) is 24.5 Å². The first-order chi connectivity index (χ1) is 10.8. The lowest BCUT2D eigenvalue weighted by Crippen LogP contribution is -1.96. The van der Waals surface area contributed by atoms with Crippen LogP contribution in [0.25, 0.3) is 0 Å². The molecule has 0 aliphatic heterocycles. The Morgan fingerprint density at radius 1 is 0.818 bits per heavy atom. The van der Waals surface area contributed by atoms with Gasteiger partial charge in [0, 0.05) is 0 Å². The van der Waals surface area contributed by atoms with Crippen LogP contribution < -0.4 is 0 Å². The molecular weight excluding hydrogens is 292 g/mol. The van der Waals surface area contributed by atoms with E-state index in [1.54, 1.807) is 6.07 Å². The maximum Gasteiger partial charge on any atom is 0.186 e. The molecule has 0 spiro atoms. The third-order valence-electron chi connectivity index (χ3n) is 4.21. The number of benzene rings is 1. The van der Waals surface area contributed by atoms with Crippen LogP contribution in [0.3, 0.4) is 0 Å². The molecule has 1 aromatic carbocycles. The van der Waals surface area contributed by atoms with Gasteiger partial charge in [-0.3, -0.25) is 0 Å². The number of rotatable bonds is 13. The van der Waals surface area contributed by atoms with Gasteiger partial charge >= 0.3 is 0 Å². The van der Waals surface area contributed by atoms with Crippen molar-refractivity contribution in [2.75, 3.05) is 0 Å². The van der Waals surface area contributed by atoms with Crippen molar-refractivity contribution in [3.8, 4) is 0 Å². The molecule has 0 bridgehead atoms. The predicted molar refractivity (Wildman–Crippen MR) is 95.6 cm³/mol. The molecule has 0 aliphatic carbocycles. The predicted octanol–water partition coefficient (Wildman–Crippen LogP) is 6.12. The lowest BCUT2D eigenvalue weighted by molar-refractivity contribution is 0.547. The van der Waals surface area contributed by atoms with Gasteiger partial charge in [-0.2, -0.15) is 0 Å². The van der Waals surface area contributed by atoms with Crippen LogP contribution in [-0.4, -0.2) is 8.76 Å². The average Bonchev–Trinajstić information content (AvgIpc) is 2.53. The minimum Gasteiger partial charge on any atom is -0.302 e. The maximum absolute atomic E-state index is 11.2. The first kappa shape index (κ1) is 19.4. The standard InChI is InChI=1S/C19H32O2S/c1-2-3-4-5-6-7-8-9-10-11-12-15-18-16-13-14-17-19(18)22(20)21/h13-14,16-17H,2-12,15H2,1H3,(H,20,21). The van der Waals surface area contributed by atoms with Crippen molar-refractivity contribution < 1.29 is 8.76 Å². The van der Waals surface area contributed by atoms with E-state index in [1.807, 2.05) is 18.2 Å². The highest BCUT2D eigenvalue weighted by atomic mass is 32.2. The van der Waals surface area contributed by atoms with Gasteiger partial charge in [-0.15, -0.1) is 0 Å². The van der Waals surface area contributed by atoms with Crippen LogP contribution in [0.5, 0.6) is 0 Å². The average molecular weight is 325 g/mol. The van der Waals surface area contributed by atoms with Crippen molar-refractivity contribution >= 4 is 11.1 Å². The summed E-state index contributed by atoms with van der Waals surface area (Å²) >= 11 is -1.86. The molecule has 3 heteroatoms. The van der Waals surface area contributed by atoms with E-state index in [9.17, 15) is 8.76 Å². The van der Waals surface area contributed by atoms with Crippen LogP contribution in [0.2, 0.25) is 0 Å². The summed E-state index contributed by atoms with van der Waals surface area (Å²) in [6.45, 7) is 2.26. The first-order valence-corrected chi connectivity index (χ1v) is 10.0. The van der Waals surface area contributed by atoms with Crippen LogP contribution in [0.1, 0.15) is 83.1 Å². The Kier molecular flexibility index (Phi) is 11.3. The van der Waals surface area contributed by atoms with Crippen molar-refractivity contribution in [3.63, 3.8) is 0 Å². The Morgan fingerprint density at radius 2 is 1.32 bits per heavy atom. The highest BCUT2D eigenvalue weighted by molar-refractivity contribution is 7.79. The summed E-state index contributed by atoms with van der Waals surface area (Å²) in [5.41, 5.74) is 1.03. The van der Waals surface area contributed by atoms with Crippen molar-refractivity contribution in [1.29, 1.82) is 0 Å². The highest BCUT2D eigenvalue weighted by Crippen LogP contribution is 2.17.